The highest BCUT2D eigenvalue weighted by Gasteiger charge is 2.31. The maximum absolute atomic E-state index is 11.1. The molecule has 0 amide bonds. The molecule has 0 bridgehead atoms. The third-order valence-electron chi connectivity index (χ3n) is 2.28. The van der Waals surface area contributed by atoms with Crippen molar-refractivity contribution >= 4 is 46.0 Å². The summed E-state index contributed by atoms with van der Waals surface area (Å²) < 4.78 is 0.628. The van der Waals surface area contributed by atoms with E-state index in [1.54, 1.807) is 6.08 Å². The molecule has 13 heavy (non-hydrogen) atoms. The Morgan fingerprint density at radius 1 is 1.77 bits per heavy atom. The Morgan fingerprint density at radius 2 is 2.54 bits per heavy atom. The molecule has 5 heteroatoms. The number of thioether (sulfide) groups is 1. The fraction of sp³-hybridized carbons (Fsp3) is 0.500. The maximum atomic E-state index is 11.1. The van der Waals surface area contributed by atoms with E-state index in [-0.39, 0.29) is 5.12 Å². The van der Waals surface area contributed by atoms with Crippen LogP contribution in [0.2, 0.25) is 0 Å². The molecule has 2 aliphatic rings. The average molecular weight is 231 g/mol. The molecule has 70 valence electrons. The van der Waals surface area contributed by atoms with Gasteiger partial charge in [-0.15, -0.1) is 12.6 Å². The van der Waals surface area contributed by atoms with Crippen molar-refractivity contribution in [1.29, 1.82) is 0 Å². The summed E-state index contributed by atoms with van der Waals surface area (Å²) in [4.78, 5) is 13.1. The lowest BCUT2D eigenvalue weighted by molar-refractivity contribution is -0.106. The van der Waals surface area contributed by atoms with Crippen molar-refractivity contribution in [3.63, 3.8) is 0 Å². The average Bonchev–Trinajstić information content (AvgIpc) is 2.42. The normalized spacial score (nSPS) is 27.2. The van der Waals surface area contributed by atoms with Gasteiger partial charge in [0.2, 0.25) is 5.12 Å². The zero-order chi connectivity index (χ0) is 9.42. The highest BCUT2D eigenvalue weighted by Crippen LogP contribution is 2.34. The van der Waals surface area contributed by atoms with Gasteiger partial charge in [0.05, 0.1) is 0 Å². The first kappa shape index (κ1) is 9.55. The van der Waals surface area contributed by atoms with Crippen molar-refractivity contribution < 1.29 is 4.79 Å². The van der Waals surface area contributed by atoms with Gasteiger partial charge < -0.3 is 4.90 Å². The first-order valence-electron chi connectivity index (χ1n) is 4.06. The van der Waals surface area contributed by atoms with Gasteiger partial charge in [0.15, 0.2) is 0 Å². The molecule has 0 radical (unpaired) electrons. The summed E-state index contributed by atoms with van der Waals surface area (Å²) in [5.41, 5.74) is 1.21. The number of hydrogen-bond acceptors (Lipinski definition) is 3. The number of likely N-dealkylation sites (tertiary alicyclic amines) is 1. The monoisotopic (exact) mass is 231 g/mol. The minimum Gasteiger partial charge on any atom is -0.354 e. The lowest BCUT2D eigenvalue weighted by atomic mass is 10.1. The molecule has 2 aliphatic heterocycles. The van der Waals surface area contributed by atoms with Crippen molar-refractivity contribution in [3.05, 3.63) is 11.6 Å². The molecule has 0 aliphatic carbocycles. The van der Waals surface area contributed by atoms with Crippen LogP contribution in [0.15, 0.2) is 11.6 Å². The predicted octanol–water partition coefficient (Wildman–Crippen LogP) is 1.48. The number of thiocarbonyl (C=S) groups is 1. The van der Waals surface area contributed by atoms with Crippen LogP contribution in [0.1, 0.15) is 6.42 Å². The Labute approximate surface area is 92.2 Å². The summed E-state index contributed by atoms with van der Waals surface area (Å²) in [5.74, 6) is 0. The third kappa shape index (κ3) is 1.92. The van der Waals surface area contributed by atoms with Crippen LogP contribution in [0.3, 0.4) is 0 Å². The minimum atomic E-state index is 0.187. The number of rotatable bonds is 0. The first-order valence-corrected chi connectivity index (χ1v) is 5.79. The molecule has 2 rings (SSSR count). The van der Waals surface area contributed by atoms with E-state index >= 15 is 0 Å². The summed E-state index contributed by atoms with van der Waals surface area (Å²) >= 11 is 10.5. The zero-order valence-corrected chi connectivity index (χ0v) is 9.42. The van der Waals surface area contributed by atoms with Gasteiger partial charge >= 0.3 is 0 Å². The van der Waals surface area contributed by atoms with Crippen LogP contribution in [-0.2, 0) is 4.79 Å². The lowest BCUT2D eigenvalue weighted by Gasteiger charge is -2.31. The molecule has 0 aromatic heterocycles. The largest absolute Gasteiger partial charge is 0.354 e. The van der Waals surface area contributed by atoms with E-state index in [1.165, 1.54) is 17.3 Å². The summed E-state index contributed by atoms with van der Waals surface area (Å²) in [6.45, 7) is 1.70. The Morgan fingerprint density at radius 3 is 3.23 bits per heavy atom. The van der Waals surface area contributed by atoms with Crippen LogP contribution in [0.4, 0.5) is 0 Å². The molecule has 0 spiro atoms. The minimum absolute atomic E-state index is 0.187. The zero-order valence-electron chi connectivity index (χ0n) is 6.90. The fourth-order valence-electron chi connectivity index (χ4n) is 1.62. The van der Waals surface area contributed by atoms with Crippen molar-refractivity contribution in [2.45, 2.75) is 11.7 Å². The number of piperidine rings is 1. The number of thiol groups is 1. The SMILES string of the molecule is O=C1C=C2CN(C(=S)S)CCC2S1. The van der Waals surface area contributed by atoms with Crippen LogP contribution in [-0.4, -0.2) is 32.7 Å². The quantitative estimate of drug-likeness (QED) is 0.503. The van der Waals surface area contributed by atoms with Crippen molar-refractivity contribution in [2.24, 2.45) is 0 Å². The highest BCUT2D eigenvalue weighted by molar-refractivity contribution is 8.15. The van der Waals surface area contributed by atoms with Crippen LogP contribution >= 0.6 is 36.6 Å². The topological polar surface area (TPSA) is 20.3 Å². The van der Waals surface area contributed by atoms with E-state index in [2.05, 4.69) is 12.6 Å². The van der Waals surface area contributed by atoms with E-state index in [1.807, 2.05) is 4.90 Å². The highest BCUT2D eigenvalue weighted by atomic mass is 32.2. The summed E-state index contributed by atoms with van der Waals surface area (Å²) in [5, 5.41) is 0.596. The third-order valence-corrected chi connectivity index (χ3v) is 3.99. The molecule has 0 N–H and O–H groups in total. The smallest absolute Gasteiger partial charge is 0.212 e. The van der Waals surface area contributed by atoms with Gasteiger partial charge in [-0.25, -0.2) is 0 Å². The molecule has 1 fully saturated rings. The molecule has 1 saturated heterocycles. The van der Waals surface area contributed by atoms with Gasteiger partial charge in [-0.2, -0.15) is 0 Å². The molecular formula is C8H9NOS3. The Bertz CT molecular complexity index is 300. The molecule has 2 nitrogen and oxygen atoms in total. The van der Waals surface area contributed by atoms with Crippen molar-refractivity contribution in [1.82, 2.24) is 4.90 Å². The Kier molecular flexibility index (Phi) is 2.67. The number of carbonyl (C=O) groups excluding carboxylic acids is 1. The predicted molar refractivity (Wildman–Crippen MR) is 62.2 cm³/mol. The fourth-order valence-corrected chi connectivity index (χ4v) is 2.97. The molecule has 0 aromatic rings. The van der Waals surface area contributed by atoms with Gasteiger partial charge in [0.25, 0.3) is 0 Å². The van der Waals surface area contributed by atoms with Crippen LogP contribution in [0, 0.1) is 0 Å². The summed E-state index contributed by atoms with van der Waals surface area (Å²) in [7, 11) is 0. The van der Waals surface area contributed by atoms with Gasteiger partial charge in [0.1, 0.15) is 4.32 Å². The van der Waals surface area contributed by atoms with E-state index < -0.39 is 0 Å². The van der Waals surface area contributed by atoms with Crippen molar-refractivity contribution in [3.8, 4) is 0 Å². The van der Waals surface area contributed by atoms with Gasteiger partial charge in [-0.1, -0.05) is 24.0 Å². The summed E-state index contributed by atoms with van der Waals surface area (Å²) in [6.07, 6.45) is 2.75. The second kappa shape index (κ2) is 3.63. The van der Waals surface area contributed by atoms with Crippen LogP contribution in [0.5, 0.6) is 0 Å². The van der Waals surface area contributed by atoms with E-state index in [0.717, 1.165) is 19.5 Å². The Hall–Kier alpha value is -0.000000000000000111. The Balaban J connectivity index is 2.11. The van der Waals surface area contributed by atoms with E-state index in [4.69, 9.17) is 12.2 Å². The molecule has 2 heterocycles. The molecule has 0 saturated carbocycles. The number of nitrogens with zero attached hydrogens (tertiary/aromatic N) is 1. The van der Waals surface area contributed by atoms with Gasteiger partial charge in [0, 0.05) is 18.3 Å². The van der Waals surface area contributed by atoms with Crippen molar-refractivity contribution in [2.75, 3.05) is 13.1 Å². The second-order valence-corrected chi connectivity index (χ2v) is 5.46. The van der Waals surface area contributed by atoms with E-state index in [9.17, 15) is 4.79 Å². The summed E-state index contributed by atoms with van der Waals surface area (Å²) in [6, 6.07) is 0. The molecular weight excluding hydrogens is 222 g/mol. The number of fused-ring (bicyclic) bond motifs is 1. The van der Waals surface area contributed by atoms with Gasteiger partial charge in [-0.3, -0.25) is 4.79 Å². The number of carbonyl (C=O) groups is 1. The van der Waals surface area contributed by atoms with Crippen LogP contribution in [0.25, 0.3) is 0 Å². The molecule has 1 unspecified atom stereocenters. The lowest BCUT2D eigenvalue weighted by Crippen LogP contribution is -2.37. The molecule has 1 atom stereocenters. The van der Waals surface area contributed by atoms with Crippen LogP contribution < -0.4 is 0 Å². The first-order chi connectivity index (χ1) is 6.16. The van der Waals surface area contributed by atoms with E-state index in [0.29, 0.717) is 9.57 Å². The maximum Gasteiger partial charge on any atom is 0.212 e. The second-order valence-electron chi connectivity index (χ2n) is 3.14. The standard InChI is InChI=1S/C8H9NOS3/c10-7-3-5-4-9(8(11)12)2-1-6(5)13-7/h3,6H,1-2,4H2,(H,11,12). The molecule has 0 aromatic carbocycles. The van der Waals surface area contributed by atoms with Gasteiger partial charge in [-0.05, 0) is 18.1 Å². The number of hydrogen-bond donors (Lipinski definition) is 1.